The smallest absolute Gasteiger partial charge is 0.00964 e. The van der Waals surface area contributed by atoms with Crippen LogP contribution < -0.4 is 5.73 Å². The van der Waals surface area contributed by atoms with E-state index in [2.05, 4.69) is 11.8 Å². The van der Waals surface area contributed by atoms with Crippen LogP contribution in [0, 0.1) is 5.92 Å². The van der Waals surface area contributed by atoms with Gasteiger partial charge in [-0.15, -0.1) is 0 Å². The van der Waals surface area contributed by atoms with E-state index in [4.69, 9.17) is 5.73 Å². The van der Waals surface area contributed by atoms with Crippen LogP contribution in [0.15, 0.2) is 0 Å². The van der Waals surface area contributed by atoms with Crippen molar-refractivity contribution >= 4 is 0 Å². The van der Waals surface area contributed by atoms with Gasteiger partial charge >= 0.3 is 0 Å². The summed E-state index contributed by atoms with van der Waals surface area (Å²) in [5.41, 5.74) is 5.93. The van der Waals surface area contributed by atoms with Gasteiger partial charge in [0.15, 0.2) is 0 Å². The molecule has 2 heteroatoms. The molecule has 1 aliphatic heterocycles. The van der Waals surface area contributed by atoms with Gasteiger partial charge in [-0.2, -0.15) is 0 Å². The minimum atomic E-state index is 0.495. The largest absolute Gasteiger partial charge is 0.328 e. The molecule has 2 nitrogen and oxygen atoms in total. The fourth-order valence-corrected chi connectivity index (χ4v) is 2.86. The average molecular weight is 196 g/mol. The third kappa shape index (κ3) is 2.48. The first-order chi connectivity index (χ1) is 6.75. The Balaban J connectivity index is 1.78. The summed E-state index contributed by atoms with van der Waals surface area (Å²) in [6, 6.07) is 1.36. The average Bonchev–Trinajstić information content (AvgIpc) is 2.21. The molecule has 1 aliphatic carbocycles. The zero-order chi connectivity index (χ0) is 9.97. The molecule has 0 amide bonds. The molecule has 82 valence electrons. The van der Waals surface area contributed by atoms with E-state index in [-0.39, 0.29) is 0 Å². The van der Waals surface area contributed by atoms with Crippen LogP contribution in [0.1, 0.15) is 45.4 Å². The number of piperidine rings is 1. The van der Waals surface area contributed by atoms with Crippen LogP contribution in [0.5, 0.6) is 0 Å². The lowest BCUT2D eigenvalue weighted by atomic mass is 9.88. The van der Waals surface area contributed by atoms with Crippen molar-refractivity contribution in [1.82, 2.24) is 4.90 Å². The molecule has 0 atom stereocenters. The summed E-state index contributed by atoms with van der Waals surface area (Å²) in [5, 5.41) is 0. The Labute approximate surface area is 87.8 Å². The van der Waals surface area contributed by atoms with Crippen molar-refractivity contribution < 1.29 is 0 Å². The number of hydrogen-bond donors (Lipinski definition) is 1. The highest BCUT2D eigenvalue weighted by atomic mass is 15.2. The second kappa shape index (κ2) is 4.63. The number of hydrogen-bond acceptors (Lipinski definition) is 2. The number of nitrogens with zero attached hydrogens (tertiary/aromatic N) is 1. The summed E-state index contributed by atoms with van der Waals surface area (Å²) in [4.78, 5) is 2.71. The lowest BCUT2D eigenvalue weighted by Gasteiger charge is -2.39. The quantitative estimate of drug-likeness (QED) is 0.695. The Morgan fingerprint density at radius 3 is 2.07 bits per heavy atom. The van der Waals surface area contributed by atoms with Crippen LogP contribution in [0.25, 0.3) is 0 Å². The van der Waals surface area contributed by atoms with Gasteiger partial charge in [0.25, 0.3) is 0 Å². The molecule has 0 aromatic carbocycles. The molecule has 0 aromatic heterocycles. The van der Waals surface area contributed by atoms with Gasteiger partial charge in [0.1, 0.15) is 0 Å². The molecule has 2 fully saturated rings. The van der Waals surface area contributed by atoms with Gasteiger partial charge in [-0.25, -0.2) is 0 Å². The fraction of sp³-hybridized carbons (Fsp3) is 1.00. The van der Waals surface area contributed by atoms with Crippen LogP contribution in [0.2, 0.25) is 0 Å². The fourth-order valence-electron chi connectivity index (χ4n) is 2.86. The molecule has 14 heavy (non-hydrogen) atoms. The van der Waals surface area contributed by atoms with Crippen molar-refractivity contribution in [2.45, 2.75) is 57.5 Å². The molecule has 1 saturated carbocycles. The Morgan fingerprint density at radius 2 is 1.50 bits per heavy atom. The third-order valence-corrected chi connectivity index (χ3v) is 4.08. The summed E-state index contributed by atoms with van der Waals surface area (Å²) in [6.45, 7) is 5.05. The van der Waals surface area contributed by atoms with Gasteiger partial charge in [0.2, 0.25) is 0 Å². The summed E-state index contributed by atoms with van der Waals surface area (Å²) in [7, 11) is 0. The van der Waals surface area contributed by atoms with Crippen molar-refractivity contribution in [3.63, 3.8) is 0 Å². The summed E-state index contributed by atoms with van der Waals surface area (Å²) >= 11 is 0. The third-order valence-electron chi connectivity index (χ3n) is 4.08. The molecule has 2 N–H and O–H groups in total. The summed E-state index contributed by atoms with van der Waals surface area (Å²) in [5.74, 6) is 0.956. The molecule has 1 heterocycles. The van der Waals surface area contributed by atoms with Gasteiger partial charge in [-0.3, -0.25) is 0 Å². The number of rotatable bonds is 1. The van der Waals surface area contributed by atoms with Gasteiger partial charge in [-0.1, -0.05) is 6.92 Å². The maximum Gasteiger partial charge on any atom is 0.00964 e. The minimum Gasteiger partial charge on any atom is -0.328 e. The Kier molecular flexibility index (Phi) is 3.45. The topological polar surface area (TPSA) is 29.3 Å². The van der Waals surface area contributed by atoms with E-state index in [1.165, 1.54) is 51.6 Å². The Morgan fingerprint density at radius 1 is 0.929 bits per heavy atom. The molecular formula is C12H24N2. The second-order valence-electron chi connectivity index (χ2n) is 5.29. The van der Waals surface area contributed by atoms with Crippen LogP contribution in [0.4, 0.5) is 0 Å². The molecule has 0 radical (unpaired) electrons. The minimum absolute atomic E-state index is 0.495. The van der Waals surface area contributed by atoms with Gasteiger partial charge < -0.3 is 10.6 Å². The first kappa shape index (κ1) is 10.4. The van der Waals surface area contributed by atoms with Crippen LogP contribution in [-0.2, 0) is 0 Å². The molecular weight excluding hydrogens is 172 g/mol. The zero-order valence-corrected chi connectivity index (χ0v) is 9.41. The highest BCUT2D eigenvalue weighted by Gasteiger charge is 2.26. The lowest BCUT2D eigenvalue weighted by Crippen LogP contribution is -2.44. The van der Waals surface area contributed by atoms with Crippen molar-refractivity contribution in [2.24, 2.45) is 11.7 Å². The van der Waals surface area contributed by atoms with Gasteiger partial charge in [0.05, 0.1) is 0 Å². The van der Waals surface area contributed by atoms with Crippen molar-refractivity contribution in [3.05, 3.63) is 0 Å². The van der Waals surface area contributed by atoms with Crippen LogP contribution >= 0.6 is 0 Å². The molecule has 2 rings (SSSR count). The number of likely N-dealkylation sites (tertiary alicyclic amines) is 1. The Bertz CT molecular complexity index is 145. The van der Waals surface area contributed by atoms with Crippen molar-refractivity contribution in [2.75, 3.05) is 13.1 Å². The maximum absolute atomic E-state index is 5.93. The SMILES string of the molecule is CC1CCN(C2CCC(N)CC2)CC1. The maximum atomic E-state index is 5.93. The Hall–Kier alpha value is -0.0800. The highest BCUT2D eigenvalue weighted by Crippen LogP contribution is 2.26. The first-order valence-electron chi connectivity index (χ1n) is 6.25. The van der Waals surface area contributed by atoms with E-state index in [0.29, 0.717) is 6.04 Å². The molecule has 0 aromatic rings. The van der Waals surface area contributed by atoms with Crippen molar-refractivity contribution in [3.8, 4) is 0 Å². The molecule has 1 saturated heterocycles. The van der Waals surface area contributed by atoms with E-state index >= 15 is 0 Å². The normalized spacial score (nSPS) is 37.3. The van der Waals surface area contributed by atoms with E-state index in [0.717, 1.165) is 12.0 Å². The van der Waals surface area contributed by atoms with E-state index in [9.17, 15) is 0 Å². The number of nitrogens with two attached hydrogens (primary N) is 1. The molecule has 0 unspecified atom stereocenters. The summed E-state index contributed by atoms with van der Waals surface area (Å²) < 4.78 is 0. The standard InChI is InChI=1S/C12H24N2/c1-10-6-8-14(9-7-10)12-4-2-11(13)3-5-12/h10-12H,2-9,13H2,1H3. The predicted molar refractivity (Wildman–Crippen MR) is 60.2 cm³/mol. The molecule has 2 aliphatic rings. The van der Waals surface area contributed by atoms with Gasteiger partial charge in [0, 0.05) is 12.1 Å². The first-order valence-corrected chi connectivity index (χ1v) is 6.25. The van der Waals surface area contributed by atoms with Crippen LogP contribution in [-0.4, -0.2) is 30.1 Å². The zero-order valence-electron chi connectivity index (χ0n) is 9.41. The second-order valence-corrected chi connectivity index (χ2v) is 5.29. The summed E-state index contributed by atoms with van der Waals surface area (Å²) in [6.07, 6.45) is 7.99. The molecule has 0 bridgehead atoms. The highest BCUT2D eigenvalue weighted by molar-refractivity contribution is 4.83. The predicted octanol–water partition coefficient (Wildman–Crippen LogP) is 1.99. The van der Waals surface area contributed by atoms with E-state index in [1.807, 2.05) is 0 Å². The lowest BCUT2D eigenvalue weighted by molar-refractivity contribution is 0.107. The molecule has 0 spiro atoms. The van der Waals surface area contributed by atoms with Crippen LogP contribution in [0.3, 0.4) is 0 Å². The van der Waals surface area contributed by atoms with Gasteiger partial charge in [-0.05, 0) is 57.5 Å². The van der Waals surface area contributed by atoms with E-state index < -0.39 is 0 Å². The van der Waals surface area contributed by atoms with E-state index in [1.54, 1.807) is 0 Å². The van der Waals surface area contributed by atoms with Crippen molar-refractivity contribution in [1.29, 1.82) is 0 Å². The monoisotopic (exact) mass is 196 g/mol.